The summed E-state index contributed by atoms with van der Waals surface area (Å²) < 4.78 is 5.00. The molecule has 0 saturated carbocycles. The van der Waals surface area contributed by atoms with Gasteiger partial charge in [0.25, 0.3) is 0 Å². The fraction of sp³-hybridized carbons (Fsp3) is 0.562. The number of esters is 1. The van der Waals surface area contributed by atoms with Gasteiger partial charge in [-0.05, 0) is 52.4 Å². The number of hydrogen-bond acceptors (Lipinski definition) is 3. The first-order valence-electron chi connectivity index (χ1n) is 7.20. The standard InChI is InChI=1S/C11H13BO2.C5H11N/c1-8(2)14-11(13)10(12)9-6-4-3-5-7-9;1-6-4-2-3-5-6/h3-8,10H,1-2H3;2-5H2,1H3/t10-;/m1./s1. The van der Waals surface area contributed by atoms with E-state index in [9.17, 15) is 4.79 Å². The summed E-state index contributed by atoms with van der Waals surface area (Å²) in [7, 11) is 7.89. The minimum absolute atomic E-state index is 0.128. The van der Waals surface area contributed by atoms with Crippen molar-refractivity contribution in [3.63, 3.8) is 0 Å². The zero-order valence-corrected chi connectivity index (χ0v) is 12.7. The first-order valence-corrected chi connectivity index (χ1v) is 7.20. The van der Waals surface area contributed by atoms with Gasteiger partial charge in [0.2, 0.25) is 0 Å². The van der Waals surface area contributed by atoms with Crippen LogP contribution in [0.25, 0.3) is 0 Å². The van der Waals surface area contributed by atoms with E-state index < -0.39 is 5.82 Å². The molecule has 0 N–H and O–H groups in total. The Labute approximate surface area is 123 Å². The summed E-state index contributed by atoms with van der Waals surface area (Å²) in [6.45, 7) is 6.24. The molecule has 4 heteroatoms. The van der Waals surface area contributed by atoms with Crippen LogP contribution >= 0.6 is 0 Å². The van der Waals surface area contributed by atoms with Crippen LogP contribution in [0.3, 0.4) is 0 Å². The van der Waals surface area contributed by atoms with Gasteiger partial charge in [-0.15, -0.1) is 0 Å². The molecule has 1 heterocycles. The lowest BCUT2D eigenvalue weighted by Crippen LogP contribution is -2.19. The first-order chi connectivity index (χ1) is 9.50. The maximum atomic E-state index is 11.4. The maximum absolute atomic E-state index is 11.4. The maximum Gasteiger partial charge on any atom is 0.304 e. The van der Waals surface area contributed by atoms with Gasteiger partial charge in [-0.25, -0.2) is 0 Å². The monoisotopic (exact) mass is 273 g/mol. The van der Waals surface area contributed by atoms with E-state index in [1.165, 1.54) is 25.9 Å². The second-order valence-corrected chi connectivity index (χ2v) is 5.38. The smallest absolute Gasteiger partial charge is 0.304 e. The number of rotatable bonds is 3. The SMILES string of the molecule is CN1CCCC1.[B][C@@H](C(=O)OC(C)C)c1ccccc1. The van der Waals surface area contributed by atoms with Gasteiger partial charge in [0.1, 0.15) is 0 Å². The number of ether oxygens (including phenoxy) is 1. The average molecular weight is 273 g/mol. The average Bonchev–Trinajstić information content (AvgIpc) is 2.90. The second kappa shape index (κ2) is 8.80. The molecule has 2 radical (unpaired) electrons. The topological polar surface area (TPSA) is 29.5 Å². The van der Waals surface area contributed by atoms with Crippen LogP contribution < -0.4 is 0 Å². The Morgan fingerprint density at radius 3 is 2.15 bits per heavy atom. The van der Waals surface area contributed by atoms with Crippen molar-refractivity contribution < 1.29 is 9.53 Å². The quantitative estimate of drug-likeness (QED) is 0.626. The highest BCUT2D eigenvalue weighted by Gasteiger charge is 2.16. The Balaban J connectivity index is 0.000000276. The largest absolute Gasteiger partial charge is 0.463 e. The molecule has 20 heavy (non-hydrogen) atoms. The van der Waals surface area contributed by atoms with Gasteiger partial charge >= 0.3 is 5.97 Å². The van der Waals surface area contributed by atoms with Gasteiger partial charge < -0.3 is 9.64 Å². The summed E-state index contributed by atoms with van der Waals surface area (Å²) >= 11 is 0. The van der Waals surface area contributed by atoms with Crippen LogP contribution in [0.4, 0.5) is 0 Å². The molecule has 1 aromatic carbocycles. The van der Waals surface area contributed by atoms with Crippen LogP contribution in [0.15, 0.2) is 30.3 Å². The fourth-order valence-corrected chi connectivity index (χ4v) is 1.98. The van der Waals surface area contributed by atoms with Crippen LogP contribution in [-0.4, -0.2) is 45.0 Å². The molecule has 0 bridgehead atoms. The van der Waals surface area contributed by atoms with E-state index in [-0.39, 0.29) is 12.1 Å². The number of benzene rings is 1. The Kier molecular flexibility index (Phi) is 7.38. The minimum Gasteiger partial charge on any atom is -0.463 e. The van der Waals surface area contributed by atoms with E-state index in [1.54, 1.807) is 13.8 Å². The fourth-order valence-electron chi connectivity index (χ4n) is 1.98. The van der Waals surface area contributed by atoms with Gasteiger partial charge in [-0.1, -0.05) is 30.3 Å². The Morgan fingerprint density at radius 2 is 1.75 bits per heavy atom. The summed E-state index contributed by atoms with van der Waals surface area (Å²) in [6, 6.07) is 9.19. The van der Waals surface area contributed by atoms with Crippen molar-refractivity contribution in [3.05, 3.63) is 35.9 Å². The highest BCUT2D eigenvalue weighted by atomic mass is 16.5. The lowest BCUT2D eigenvalue weighted by Gasteiger charge is -2.14. The molecule has 1 aliphatic rings. The van der Waals surface area contributed by atoms with Crippen molar-refractivity contribution in [3.8, 4) is 0 Å². The lowest BCUT2D eigenvalue weighted by atomic mass is 9.81. The molecule has 1 fully saturated rings. The number of nitrogens with zero attached hydrogens (tertiary/aromatic N) is 1. The molecule has 1 aromatic rings. The predicted molar refractivity (Wildman–Crippen MR) is 82.9 cm³/mol. The minimum atomic E-state index is -0.682. The molecular formula is C16H24BNO2. The van der Waals surface area contributed by atoms with Crippen molar-refractivity contribution >= 4 is 13.8 Å². The van der Waals surface area contributed by atoms with Crippen LogP contribution in [-0.2, 0) is 9.53 Å². The number of hydrogen-bond donors (Lipinski definition) is 0. The summed E-state index contributed by atoms with van der Waals surface area (Å²) in [6.07, 6.45) is 2.70. The van der Waals surface area contributed by atoms with Crippen molar-refractivity contribution in [1.82, 2.24) is 4.90 Å². The third-order valence-corrected chi connectivity index (χ3v) is 3.09. The number of carbonyl (C=O) groups is 1. The molecule has 0 unspecified atom stereocenters. The molecule has 0 spiro atoms. The van der Waals surface area contributed by atoms with E-state index in [1.807, 2.05) is 30.3 Å². The van der Waals surface area contributed by atoms with Crippen molar-refractivity contribution in [2.75, 3.05) is 20.1 Å². The van der Waals surface area contributed by atoms with Crippen molar-refractivity contribution in [2.45, 2.75) is 38.6 Å². The van der Waals surface area contributed by atoms with E-state index in [2.05, 4.69) is 11.9 Å². The van der Waals surface area contributed by atoms with Gasteiger partial charge in [0.15, 0.2) is 0 Å². The summed E-state index contributed by atoms with van der Waals surface area (Å²) in [5.74, 6) is -1.06. The van der Waals surface area contributed by atoms with Gasteiger partial charge in [-0.3, -0.25) is 4.79 Å². The Morgan fingerprint density at radius 1 is 1.20 bits per heavy atom. The lowest BCUT2D eigenvalue weighted by molar-refractivity contribution is -0.147. The van der Waals surface area contributed by atoms with Crippen molar-refractivity contribution in [2.24, 2.45) is 0 Å². The third kappa shape index (κ3) is 6.24. The highest BCUT2D eigenvalue weighted by molar-refractivity contribution is 6.23. The molecule has 0 aliphatic carbocycles. The molecule has 3 nitrogen and oxygen atoms in total. The molecule has 1 atom stereocenters. The van der Waals surface area contributed by atoms with Crippen LogP contribution in [0, 0.1) is 0 Å². The molecule has 1 aliphatic heterocycles. The predicted octanol–water partition coefficient (Wildman–Crippen LogP) is 2.56. The van der Waals surface area contributed by atoms with Gasteiger partial charge in [0, 0.05) is 5.82 Å². The summed E-state index contributed by atoms with van der Waals surface area (Å²) in [5.41, 5.74) is 0.776. The first kappa shape index (κ1) is 16.8. The Hall–Kier alpha value is -1.29. The molecule has 1 saturated heterocycles. The molecule has 0 aromatic heterocycles. The van der Waals surface area contributed by atoms with Gasteiger partial charge in [0.05, 0.1) is 14.0 Å². The zero-order chi connectivity index (χ0) is 15.0. The third-order valence-electron chi connectivity index (χ3n) is 3.09. The number of likely N-dealkylation sites (tertiary alicyclic amines) is 1. The normalized spacial score (nSPS) is 16.4. The molecule has 0 amide bonds. The van der Waals surface area contributed by atoms with Gasteiger partial charge in [-0.2, -0.15) is 0 Å². The second-order valence-electron chi connectivity index (χ2n) is 5.38. The van der Waals surface area contributed by atoms with E-state index in [0.29, 0.717) is 0 Å². The van der Waals surface area contributed by atoms with E-state index in [4.69, 9.17) is 12.6 Å². The summed E-state index contributed by atoms with van der Waals surface area (Å²) in [4.78, 5) is 13.8. The molecular weight excluding hydrogens is 249 g/mol. The molecule has 108 valence electrons. The van der Waals surface area contributed by atoms with E-state index in [0.717, 1.165) is 5.56 Å². The summed E-state index contributed by atoms with van der Waals surface area (Å²) in [5, 5.41) is 0. The zero-order valence-electron chi connectivity index (χ0n) is 12.7. The van der Waals surface area contributed by atoms with Crippen LogP contribution in [0.2, 0.25) is 0 Å². The van der Waals surface area contributed by atoms with E-state index >= 15 is 0 Å². The Bertz CT molecular complexity index is 389. The van der Waals surface area contributed by atoms with Crippen LogP contribution in [0.1, 0.15) is 38.1 Å². The molecule has 2 rings (SSSR count). The number of carbonyl (C=O) groups excluding carboxylic acids is 1. The highest BCUT2D eigenvalue weighted by Crippen LogP contribution is 2.13. The van der Waals surface area contributed by atoms with Crippen molar-refractivity contribution in [1.29, 1.82) is 0 Å². The van der Waals surface area contributed by atoms with Crippen LogP contribution in [0.5, 0.6) is 0 Å².